The summed E-state index contributed by atoms with van der Waals surface area (Å²) in [6, 6.07) is 9.06. The molecule has 0 radical (unpaired) electrons. The largest absolute Gasteiger partial charge is 0.496 e. The Balaban J connectivity index is 2.16. The second-order valence-electron chi connectivity index (χ2n) is 9.97. The van der Waals surface area contributed by atoms with Crippen molar-refractivity contribution in [2.24, 2.45) is 0 Å². The molecule has 0 amide bonds. The first kappa shape index (κ1) is 23.9. The van der Waals surface area contributed by atoms with E-state index in [2.05, 4.69) is 40.7 Å². The van der Waals surface area contributed by atoms with Gasteiger partial charge in [0, 0.05) is 5.56 Å². The maximum Gasteiger partial charge on any atom is 0.335 e. The molecule has 1 aliphatic rings. The van der Waals surface area contributed by atoms with Gasteiger partial charge in [-0.15, -0.1) is 0 Å². The van der Waals surface area contributed by atoms with Crippen molar-refractivity contribution in [2.45, 2.75) is 71.1 Å². The van der Waals surface area contributed by atoms with E-state index in [-0.39, 0.29) is 16.4 Å². The van der Waals surface area contributed by atoms with Gasteiger partial charge in [-0.25, -0.2) is 4.79 Å². The van der Waals surface area contributed by atoms with Crippen LogP contribution in [-0.2, 0) is 10.8 Å². The molecule has 0 spiro atoms. The molecule has 0 aliphatic heterocycles. The highest BCUT2D eigenvalue weighted by atomic mass is 16.5. The number of hydrogen-bond donors (Lipinski definition) is 1. The lowest BCUT2D eigenvalue weighted by molar-refractivity contribution is 0.0697. The van der Waals surface area contributed by atoms with Gasteiger partial charge in [0.05, 0.1) is 24.8 Å². The molecule has 3 rings (SSSR count). The number of carboxylic acids is 1. The summed E-state index contributed by atoms with van der Waals surface area (Å²) in [5, 5.41) is 9.14. The van der Waals surface area contributed by atoms with Gasteiger partial charge in [0.25, 0.3) is 0 Å². The lowest BCUT2D eigenvalue weighted by Crippen LogP contribution is -2.34. The zero-order chi connectivity index (χ0) is 23.5. The average Bonchev–Trinajstić information content (AvgIpc) is 2.75. The predicted molar refractivity (Wildman–Crippen MR) is 131 cm³/mol. The summed E-state index contributed by atoms with van der Waals surface area (Å²) < 4.78 is 12.3. The monoisotopic (exact) mass is 436 g/mol. The Morgan fingerprint density at radius 1 is 1.06 bits per heavy atom. The lowest BCUT2D eigenvalue weighted by atomic mass is 9.62. The van der Waals surface area contributed by atoms with Gasteiger partial charge in [-0.1, -0.05) is 59.2 Å². The van der Waals surface area contributed by atoms with Crippen LogP contribution >= 0.6 is 0 Å². The summed E-state index contributed by atoms with van der Waals surface area (Å²) in [6.07, 6.45) is 8.31. The molecule has 0 heterocycles. The fourth-order valence-electron chi connectivity index (χ4n) is 4.45. The maximum absolute atomic E-state index is 11.1. The zero-order valence-corrected chi connectivity index (χ0v) is 20.2. The number of hydrogen-bond acceptors (Lipinski definition) is 3. The Morgan fingerprint density at radius 3 is 2.31 bits per heavy atom. The Hall–Kier alpha value is -2.75. The van der Waals surface area contributed by atoms with Gasteiger partial charge in [0.1, 0.15) is 11.5 Å². The van der Waals surface area contributed by atoms with Crippen LogP contribution in [-0.4, -0.2) is 24.8 Å². The molecule has 4 heteroatoms. The quantitative estimate of drug-likeness (QED) is 0.354. The third-order valence-electron chi connectivity index (χ3n) is 6.63. The van der Waals surface area contributed by atoms with Gasteiger partial charge in [0.2, 0.25) is 0 Å². The summed E-state index contributed by atoms with van der Waals surface area (Å²) >= 11 is 0. The van der Waals surface area contributed by atoms with Crippen LogP contribution in [0.1, 0.15) is 92.9 Å². The Morgan fingerprint density at radius 2 is 1.72 bits per heavy atom. The van der Waals surface area contributed by atoms with Crippen LogP contribution in [0.2, 0.25) is 0 Å². The van der Waals surface area contributed by atoms with E-state index in [0.717, 1.165) is 48.3 Å². The number of carbonyl (C=O) groups is 1. The first-order valence-corrected chi connectivity index (χ1v) is 11.5. The Kier molecular flexibility index (Phi) is 7.02. The number of benzene rings is 2. The number of methoxy groups -OCH3 is 1. The van der Waals surface area contributed by atoms with Crippen molar-refractivity contribution >= 4 is 18.1 Å². The topological polar surface area (TPSA) is 55.8 Å². The van der Waals surface area contributed by atoms with Crippen LogP contribution in [0.5, 0.6) is 11.5 Å². The number of aromatic carboxylic acids is 1. The van der Waals surface area contributed by atoms with Crippen molar-refractivity contribution in [3.63, 3.8) is 0 Å². The number of fused-ring (bicyclic) bond motifs is 1. The van der Waals surface area contributed by atoms with E-state index < -0.39 is 5.97 Å². The summed E-state index contributed by atoms with van der Waals surface area (Å²) in [7, 11) is 1.71. The molecule has 0 fully saturated rings. The molecular weight excluding hydrogens is 400 g/mol. The van der Waals surface area contributed by atoms with Crippen LogP contribution in [0.3, 0.4) is 0 Å². The number of rotatable bonds is 8. The van der Waals surface area contributed by atoms with Crippen LogP contribution in [0.4, 0.5) is 0 Å². The smallest absolute Gasteiger partial charge is 0.335 e. The molecule has 0 atom stereocenters. The zero-order valence-electron chi connectivity index (χ0n) is 20.2. The lowest BCUT2D eigenvalue weighted by Gasteiger charge is -2.43. The van der Waals surface area contributed by atoms with E-state index in [1.807, 2.05) is 24.3 Å². The van der Waals surface area contributed by atoms with Gasteiger partial charge in [-0.3, -0.25) is 0 Å². The van der Waals surface area contributed by atoms with Gasteiger partial charge in [-0.2, -0.15) is 0 Å². The van der Waals surface area contributed by atoms with E-state index >= 15 is 0 Å². The van der Waals surface area contributed by atoms with Crippen molar-refractivity contribution in [3.05, 3.63) is 58.1 Å². The molecule has 0 bridgehead atoms. The van der Waals surface area contributed by atoms with Crippen molar-refractivity contribution in [2.75, 3.05) is 13.7 Å². The molecule has 1 N–H and O–H groups in total. The third-order valence-corrected chi connectivity index (χ3v) is 6.63. The van der Waals surface area contributed by atoms with Crippen LogP contribution in [0.25, 0.3) is 12.2 Å². The Bertz CT molecular complexity index is 997. The molecule has 4 nitrogen and oxygen atoms in total. The second kappa shape index (κ2) is 9.40. The van der Waals surface area contributed by atoms with Crippen LogP contribution in [0, 0.1) is 0 Å². The summed E-state index contributed by atoms with van der Waals surface area (Å²) in [4.78, 5) is 11.1. The van der Waals surface area contributed by atoms with Crippen molar-refractivity contribution < 1.29 is 19.4 Å². The molecular formula is C28H36O4. The van der Waals surface area contributed by atoms with E-state index in [4.69, 9.17) is 14.6 Å². The van der Waals surface area contributed by atoms with Crippen LogP contribution < -0.4 is 9.47 Å². The fraction of sp³-hybridized carbons (Fsp3) is 0.464. The van der Waals surface area contributed by atoms with Crippen molar-refractivity contribution in [1.82, 2.24) is 0 Å². The molecule has 32 heavy (non-hydrogen) atoms. The highest BCUT2D eigenvalue weighted by Gasteiger charge is 2.41. The molecule has 0 unspecified atom stereocenters. The summed E-state index contributed by atoms with van der Waals surface area (Å²) in [5.74, 6) is 0.803. The average molecular weight is 437 g/mol. The van der Waals surface area contributed by atoms with Gasteiger partial charge in [0.15, 0.2) is 0 Å². The normalized spacial score (nSPS) is 16.6. The highest BCUT2D eigenvalue weighted by molar-refractivity contribution is 5.88. The first-order chi connectivity index (χ1) is 15.1. The molecule has 0 aromatic heterocycles. The van der Waals surface area contributed by atoms with Gasteiger partial charge < -0.3 is 14.6 Å². The maximum atomic E-state index is 11.1. The molecule has 2 aromatic rings. The second-order valence-corrected chi connectivity index (χ2v) is 9.97. The van der Waals surface area contributed by atoms with Crippen molar-refractivity contribution in [1.29, 1.82) is 0 Å². The predicted octanol–water partition coefficient (Wildman–Crippen LogP) is 7.09. The first-order valence-electron chi connectivity index (χ1n) is 11.5. The molecule has 0 saturated carbocycles. The number of unbranched alkanes of at least 4 members (excludes halogenated alkanes) is 1. The molecule has 1 aliphatic carbocycles. The summed E-state index contributed by atoms with van der Waals surface area (Å²) in [6.45, 7) is 12.0. The van der Waals surface area contributed by atoms with E-state index in [0.29, 0.717) is 6.61 Å². The minimum Gasteiger partial charge on any atom is -0.496 e. The minimum atomic E-state index is -0.923. The van der Waals surface area contributed by atoms with Gasteiger partial charge in [-0.05, 0) is 65.5 Å². The van der Waals surface area contributed by atoms with E-state index in [1.54, 1.807) is 19.2 Å². The third kappa shape index (κ3) is 4.85. The highest BCUT2D eigenvalue weighted by Crippen LogP contribution is 2.53. The molecule has 0 saturated heterocycles. The Labute approximate surface area is 192 Å². The van der Waals surface area contributed by atoms with E-state index in [1.165, 1.54) is 11.1 Å². The minimum absolute atomic E-state index is 0.00436. The van der Waals surface area contributed by atoms with E-state index in [9.17, 15) is 4.79 Å². The van der Waals surface area contributed by atoms with Gasteiger partial charge >= 0.3 is 5.97 Å². The van der Waals surface area contributed by atoms with Crippen LogP contribution in [0.15, 0.2) is 30.3 Å². The summed E-state index contributed by atoms with van der Waals surface area (Å²) in [5.41, 5.74) is 4.79. The molecule has 2 aromatic carbocycles. The number of carboxylic acid groups (broad SMARTS) is 1. The molecule has 172 valence electrons. The SMILES string of the molecule is CCCCOc1c(/C=C/c2ccc(C(=O)O)cc2)c(OC)cc2c1C(C)(C)CCC2(C)C. The fourth-order valence-corrected chi connectivity index (χ4v) is 4.45. The standard InChI is InChI=1S/C28H36O4/c1-7-8-17-32-25-21(14-11-19-9-12-20(13-10-19)26(29)30)23(31-6)18-22-24(25)28(4,5)16-15-27(22,2)3/h9-14,18H,7-8,15-17H2,1-6H3,(H,29,30)/b14-11+. The van der Waals surface area contributed by atoms with Crippen molar-refractivity contribution in [3.8, 4) is 11.5 Å². The number of ether oxygens (including phenoxy) is 2.